The Hall–Kier alpha value is -1.33. The van der Waals surface area contributed by atoms with Gasteiger partial charge in [-0.25, -0.2) is 0 Å². The molecule has 0 spiro atoms. The molecule has 0 aromatic heterocycles. The Kier molecular flexibility index (Phi) is 5.82. The molecule has 116 valence electrons. The molecule has 1 saturated heterocycles. The summed E-state index contributed by atoms with van der Waals surface area (Å²) in [6, 6.07) is 4.53. The van der Waals surface area contributed by atoms with Crippen molar-refractivity contribution in [1.82, 2.24) is 4.90 Å². The smallest absolute Gasteiger partial charge is 0.271 e. The van der Waals surface area contributed by atoms with Gasteiger partial charge in [0, 0.05) is 18.7 Å². The summed E-state index contributed by atoms with van der Waals surface area (Å²) in [6.45, 7) is 6.61. The molecule has 0 bridgehead atoms. The predicted molar refractivity (Wildman–Crippen MR) is 86.1 cm³/mol. The van der Waals surface area contributed by atoms with Crippen LogP contribution in [0, 0.1) is 16.0 Å². The lowest BCUT2D eigenvalue weighted by atomic mass is 9.99. The lowest BCUT2D eigenvalue weighted by Crippen LogP contribution is -2.34. The van der Waals surface area contributed by atoms with Gasteiger partial charge in [-0.3, -0.25) is 10.1 Å². The van der Waals surface area contributed by atoms with E-state index in [2.05, 4.69) is 17.1 Å². The number of rotatable bonds is 6. The van der Waals surface area contributed by atoms with Crippen LogP contribution in [0.3, 0.4) is 0 Å². The molecule has 21 heavy (non-hydrogen) atoms. The number of nitro groups is 1. The number of nitro benzene ring substituents is 1. The van der Waals surface area contributed by atoms with Crippen molar-refractivity contribution in [3.8, 4) is 0 Å². The highest BCUT2D eigenvalue weighted by Crippen LogP contribution is 2.26. The molecule has 2 rings (SSSR count). The van der Waals surface area contributed by atoms with Gasteiger partial charge in [0.05, 0.1) is 15.6 Å². The van der Waals surface area contributed by atoms with Crippen LogP contribution in [0.2, 0.25) is 5.02 Å². The van der Waals surface area contributed by atoms with Crippen LogP contribution in [0.4, 0.5) is 11.4 Å². The Morgan fingerprint density at radius 3 is 2.76 bits per heavy atom. The summed E-state index contributed by atoms with van der Waals surface area (Å²) >= 11 is 6.04. The van der Waals surface area contributed by atoms with Crippen molar-refractivity contribution < 1.29 is 4.92 Å². The van der Waals surface area contributed by atoms with Crippen molar-refractivity contribution in [2.24, 2.45) is 5.92 Å². The molecular weight excluding hydrogens is 290 g/mol. The van der Waals surface area contributed by atoms with E-state index in [0.29, 0.717) is 5.02 Å². The number of non-ortho nitro benzene ring substituents is 1. The number of likely N-dealkylation sites (tertiary alicyclic amines) is 1. The van der Waals surface area contributed by atoms with E-state index in [1.807, 2.05) is 0 Å². The van der Waals surface area contributed by atoms with E-state index in [0.717, 1.165) is 31.1 Å². The summed E-state index contributed by atoms with van der Waals surface area (Å²) < 4.78 is 0. The van der Waals surface area contributed by atoms with Crippen molar-refractivity contribution in [1.29, 1.82) is 0 Å². The molecule has 0 aliphatic carbocycles. The van der Waals surface area contributed by atoms with Gasteiger partial charge in [-0.1, -0.05) is 18.5 Å². The number of nitrogens with zero attached hydrogens (tertiary/aromatic N) is 2. The highest BCUT2D eigenvalue weighted by atomic mass is 35.5. The average Bonchev–Trinajstić information content (AvgIpc) is 2.46. The van der Waals surface area contributed by atoms with Crippen molar-refractivity contribution >= 4 is 23.0 Å². The van der Waals surface area contributed by atoms with Crippen LogP contribution in [0.1, 0.15) is 26.2 Å². The average molecular weight is 312 g/mol. The van der Waals surface area contributed by atoms with Gasteiger partial charge in [0.2, 0.25) is 0 Å². The maximum Gasteiger partial charge on any atom is 0.271 e. The van der Waals surface area contributed by atoms with E-state index < -0.39 is 4.92 Å². The van der Waals surface area contributed by atoms with Crippen LogP contribution in [0.5, 0.6) is 0 Å². The SMILES string of the molecule is CC1CCN(CCCNc2ccc([N+](=O)[O-])cc2Cl)CC1. The number of benzene rings is 1. The zero-order chi connectivity index (χ0) is 15.2. The second-order valence-corrected chi connectivity index (χ2v) is 6.13. The fourth-order valence-corrected chi connectivity index (χ4v) is 2.81. The molecule has 0 radical (unpaired) electrons. The fraction of sp³-hybridized carbons (Fsp3) is 0.600. The third-order valence-corrected chi connectivity index (χ3v) is 4.32. The first-order valence-electron chi connectivity index (χ1n) is 7.46. The molecule has 1 N–H and O–H groups in total. The van der Waals surface area contributed by atoms with Gasteiger partial charge in [0.25, 0.3) is 5.69 Å². The Labute approximate surface area is 130 Å². The van der Waals surface area contributed by atoms with Gasteiger partial charge in [0.15, 0.2) is 0 Å². The van der Waals surface area contributed by atoms with Gasteiger partial charge >= 0.3 is 0 Å². The van der Waals surface area contributed by atoms with E-state index in [4.69, 9.17) is 11.6 Å². The molecule has 1 fully saturated rings. The first kappa shape index (κ1) is 16.0. The van der Waals surface area contributed by atoms with Crippen LogP contribution in [0.15, 0.2) is 18.2 Å². The molecule has 6 heteroatoms. The molecule has 0 saturated carbocycles. The summed E-state index contributed by atoms with van der Waals surface area (Å²) in [7, 11) is 0. The van der Waals surface area contributed by atoms with Gasteiger partial charge in [-0.05, 0) is 50.9 Å². The minimum absolute atomic E-state index is 0.0213. The Morgan fingerprint density at radius 2 is 2.14 bits per heavy atom. The lowest BCUT2D eigenvalue weighted by molar-refractivity contribution is -0.384. The zero-order valence-corrected chi connectivity index (χ0v) is 13.1. The molecule has 1 aromatic carbocycles. The maximum atomic E-state index is 10.6. The van der Waals surface area contributed by atoms with E-state index >= 15 is 0 Å². The molecule has 1 aromatic rings. The molecule has 0 amide bonds. The maximum absolute atomic E-state index is 10.6. The molecule has 1 aliphatic rings. The normalized spacial score (nSPS) is 16.9. The number of hydrogen-bond acceptors (Lipinski definition) is 4. The lowest BCUT2D eigenvalue weighted by Gasteiger charge is -2.30. The number of halogens is 1. The summed E-state index contributed by atoms with van der Waals surface area (Å²) in [5.74, 6) is 0.860. The van der Waals surface area contributed by atoms with E-state index in [9.17, 15) is 10.1 Å². The first-order valence-corrected chi connectivity index (χ1v) is 7.84. The highest BCUT2D eigenvalue weighted by molar-refractivity contribution is 6.33. The summed E-state index contributed by atoms with van der Waals surface area (Å²) in [6.07, 6.45) is 3.63. The molecule has 1 aliphatic heterocycles. The van der Waals surface area contributed by atoms with E-state index in [1.165, 1.54) is 38.1 Å². The van der Waals surface area contributed by atoms with E-state index in [-0.39, 0.29) is 5.69 Å². The minimum atomic E-state index is -0.437. The summed E-state index contributed by atoms with van der Waals surface area (Å²) in [5, 5.41) is 14.3. The second kappa shape index (κ2) is 7.61. The zero-order valence-electron chi connectivity index (χ0n) is 12.3. The Bertz CT molecular complexity index is 488. The van der Waals surface area contributed by atoms with Crippen LogP contribution >= 0.6 is 11.6 Å². The monoisotopic (exact) mass is 311 g/mol. The molecule has 5 nitrogen and oxygen atoms in total. The number of piperidine rings is 1. The summed E-state index contributed by atoms with van der Waals surface area (Å²) in [5.41, 5.74) is 0.780. The van der Waals surface area contributed by atoms with Gasteiger partial charge < -0.3 is 10.2 Å². The molecule has 1 heterocycles. The standard InChI is InChI=1S/C15H22ClN3O2/c1-12-5-9-18(10-6-12)8-2-7-17-15-4-3-13(19(20)21)11-14(15)16/h3-4,11-12,17H,2,5-10H2,1H3. The largest absolute Gasteiger partial charge is 0.384 e. The van der Waals surface area contributed by atoms with Gasteiger partial charge in [-0.15, -0.1) is 0 Å². The number of anilines is 1. The van der Waals surface area contributed by atoms with Crippen LogP contribution in [0.25, 0.3) is 0 Å². The van der Waals surface area contributed by atoms with Crippen molar-refractivity contribution in [3.63, 3.8) is 0 Å². The fourth-order valence-electron chi connectivity index (χ4n) is 2.57. The second-order valence-electron chi connectivity index (χ2n) is 5.73. The van der Waals surface area contributed by atoms with Crippen LogP contribution in [-0.4, -0.2) is 36.0 Å². The topological polar surface area (TPSA) is 58.4 Å². The third-order valence-electron chi connectivity index (χ3n) is 4.01. The Morgan fingerprint density at radius 1 is 1.43 bits per heavy atom. The molecular formula is C15H22ClN3O2. The van der Waals surface area contributed by atoms with Gasteiger partial charge in [-0.2, -0.15) is 0 Å². The van der Waals surface area contributed by atoms with Gasteiger partial charge in [0.1, 0.15) is 0 Å². The first-order chi connectivity index (χ1) is 10.1. The predicted octanol–water partition coefficient (Wildman–Crippen LogP) is 3.78. The summed E-state index contributed by atoms with van der Waals surface area (Å²) in [4.78, 5) is 12.7. The quantitative estimate of drug-likeness (QED) is 0.493. The molecule has 0 unspecified atom stereocenters. The number of hydrogen-bond donors (Lipinski definition) is 1. The molecule has 0 atom stereocenters. The van der Waals surface area contributed by atoms with Crippen molar-refractivity contribution in [2.75, 3.05) is 31.5 Å². The Balaban J connectivity index is 1.72. The van der Waals surface area contributed by atoms with Crippen LogP contribution < -0.4 is 5.32 Å². The highest BCUT2D eigenvalue weighted by Gasteiger charge is 2.15. The van der Waals surface area contributed by atoms with Crippen molar-refractivity contribution in [2.45, 2.75) is 26.2 Å². The van der Waals surface area contributed by atoms with E-state index in [1.54, 1.807) is 6.07 Å². The van der Waals surface area contributed by atoms with Crippen LogP contribution in [-0.2, 0) is 0 Å². The number of nitrogens with one attached hydrogen (secondary N) is 1. The van der Waals surface area contributed by atoms with Crippen molar-refractivity contribution in [3.05, 3.63) is 33.3 Å². The third kappa shape index (κ3) is 4.86. The minimum Gasteiger partial charge on any atom is -0.384 e.